The van der Waals surface area contributed by atoms with Crippen LogP contribution in [0.5, 0.6) is 5.75 Å². The molecule has 1 atom stereocenters. The van der Waals surface area contributed by atoms with Crippen LogP contribution in [0.25, 0.3) is 0 Å². The lowest BCUT2D eigenvalue weighted by molar-refractivity contribution is -0.148. The molecule has 0 bridgehead atoms. The number of para-hydroxylation sites is 1. The van der Waals surface area contributed by atoms with E-state index in [9.17, 15) is 15.0 Å². The molecule has 3 rings (SSSR count). The SMILES string of the molecule is O=C(O)C1(CC2(O)CCCC2)CCOc2ccccc21. The molecule has 1 saturated carbocycles. The summed E-state index contributed by atoms with van der Waals surface area (Å²) in [6.45, 7) is 0.388. The molecule has 1 heterocycles. The maximum atomic E-state index is 12.0. The lowest BCUT2D eigenvalue weighted by Gasteiger charge is -2.39. The summed E-state index contributed by atoms with van der Waals surface area (Å²) in [6.07, 6.45) is 4.06. The molecule has 1 aliphatic carbocycles. The lowest BCUT2D eigenvalue weighted by atomic mass is 9.68. The van der Waals surface area contributed by atoms with Gasteiger partial charge in [0.25, 0.3) is 0 Å². The minimum atomic E-state index is -1.02. The molecule has 2 aliphatic rings. The molecule has 20 heavy (non-hydrogen) atoms. The predicted octanol–water partition coefficient (Wildman–Crippen LogP) is 2.49. The molecule has 4 nitrogen and oxygen atoms in total. The van der Waals surface area contributed by atoms with Crippen molar-refractivity contribution in [2.45, 2.75) is 49.5 Å². The Bertz CT molecular complexity index is 519. The largest absolute Gasteiger partial charge is 0.493 e. The fraction of sp³-hybridized carbons (Fsp3) is 0.562. The zero-order chi connectivity index (χ0) is 14.2. The third kappa shape index (κ3) is 2.08. The van der Waals surface area contributed by atoms with E-state index in [4.69, 9.17) is 4.74 Å². The van der Waals surface area contributed by atoms with Gasteiger partial charge in [-0.3, -0.25) is 4.79 Å². The van der Waals surface area contributed by atoms with Gasteiger partial charge in [-0.15, -0.1) is 0 Å². The van der Waals surface area contributed by atoms with Gasteiger partial charge in [-0.05, 0) is 25.3 Å². The van der Waals surface area contributed by atoms with Crippen molar-refractivity contribution in [1.82, 2.24) is 0 Å². The summed E-state index contributed by atoms with van der Waals surface area (Å²) in [6, 6.07) is 7.32. The second kappa shape index (κ2) is 4.77. The number of aliphatic carboxylic acids is 1. The maximum absolute atomic E-state index is 12.0. The van der Waals surface area contributed by atoms with Crippen molar-refractivity contribution in [3.05, 3.63) is 29.8 Å². The van der Waals surface area contributed by atoms with Crippen molar-refractivity contribution in [2.24, 2.45) is 0 Å². The summed E-state index contributed by atoms with van der Waals surface area (Å²) >= 11 is 0. The summed E-state index contributed by atoms with van der Waals surface area (Å²) in [4.78, 5) is 12.0. The highest BCUT2D eigenvalue weighted by Gasteiger charge is 2.50. The molecule has 1 unspecified atom stereocenters. The molecule has 0 amide bonds. The van der Waals surface area contributed by atoms with Gasteiger partial charge in [0, 0.05) is 12.0 Å². The molecule has 108 valence electrons. The van der Waals surface area contributed by atoms with Gasteiger partial charge >= 0.3 is 5.97 Å². The fourth-order valence-electron chi connectivity index (χ4n) is 3.71. The Morgan fingerprint density at radius 2 is 1.90 bits per heavy atom. The Hall–Kier alpha value is -1.55. The summed E-state index contributed by atoms with van der Waals surface area (Å²) in [5, 5.41) is 20.5. The van der Waals surface area contributed by atoms with E-state index >= 15 is 0 Å². The summed E-state index contributed by atoms with van der Waals surface area (Å²) in [7, 11) is 0. The predicted molar refractivity (Wildman–Crippen MR) is 73.9 cm³/mol. The molecule has 4 heteroatoms. The van der Waals surface area contributed by atoms with E-state index in [0.717, 1.165) is 12.8 Å². The molecule has 1 aliphatic heterocycles. The van der Waals surface area contributed by atoms with E-state index in [0.29, 0.717) is 37.2 Å². The Kier molecular flexibility index (Phi) is 3.21. The number of benzene rings is 1. The molecular formula is C16H20O4. The first-order valence-corrected chi connectivity index (χ1v) is 7.24. The van der Waals surface area contributed by atoms with Crippen molar-refractivity contribution >= 4 is 5.97 Å². The number of fused-ring (bicyclic) bond motifs is 1. The van der Waals surface area contributed by atoms with E-state index in [-0.39, 0.29) is 6.42 Å². The van der Waals surface area contributed by atoms with E-state index < -0.39 is 17.0 Å². The van der Waals surface area contributed by atoms with Gasteiger partial charge in [-0.1, -0.05) is 31.0 Å². The monoisotopic (exact) mass is 276 g/mol. The van der Waals surface area contributed by atoms with Crippen LogP contribution >= 0.6 is 0 Å². The molecule has 1 fully saturated rings. The summed E-state index contributed by atoms with van der Waals surface area (Å²) in [5.74, 6) is -0.212. The highest BCUT2D eigenvalue weighted by Crippen LogP contribution is 2.47. The highest BCUT2D eigenvalue weighted by molar-refractivity contribution is 5.83. The Balaban J connectivity index is 2.03. The quantitative estimate of drug-likeness (QED) is 0.890. The molecular weight excluding hydrogens is 256 g/mol. The number of ether oxygens (including phenoxy) is 1. The smallest absolute Gasteiger partial charge is 0.314 e. The second-order valence-electron chi connectivity index (χ2n) is 6.09. The number of hydrogen-bond donors (Lipinski definition) is 2. The van der Waals surface area contributed by atoms with Crippen LogP contribution in [0.4, 0.5) is 0 Å². The lowest BCUT2D eigenvalue weighted by Crippen LogP contribution is -2.46. The zero-order valence-electron chi connectivity index (χ0n) is 11.5. The van der Waals surface area contributed by atoms with Crippen LogP contribution in [-0.4, -0.2) is 28.4 Å². The van der Waals surface area contributed by atoms with Gasteiger partial charge in [0.05, 0.1) is 12.2 Å². The molecule has 0 saturated heterocycles. The van der Waals surface area contributed by atoms with Crippen molar-refractivity contribution in [2.75, 3.05) is 6.61 Å². The topological polar surface area (TPSA) is 66.8 Å². The van der Waals surface area contributed by atoms with Gasteiger partial charge in [0.15, 0.2) is 0 Å². The molecule has 2 N–H and O–H groups in total. The van der Waals surface area contributed by atoms with Crippen molar-refractivity contribution in [1.29, 1.82) is 0 Å². The number of hydrogen-bond acceptors (Lipinski definition) is 3. The average Bonchev–Trinajstić information content (AvgIpc) is 2.85. The van der Waals surface area contributed by atoms with Crippen LogP contribution in [0.15, 0.2) is 24.3 Å². The number of carboxylic acids is 1. The molecule has 0 aromatic heterocycles. The van der Waals surface area contributed by atoms with Crippen LogP contribution in [0.2, 0.25) is 0 Å². The van der Waals surface area contributed by atoms with Crippen LogP contribution in [-0.2, 0) is 10.2 Å². The second-order valence-corrected chi connectivity index (χ2v) is 6.09. The van der Waals surface area contributed by atoms with Gasteiger partial charge < -0.3 is 14.9 Å². The standard InChI is InChI=1S/C16H20O4/c17-14(18)16(11-15(19)7-3-4-8-15)9-10-20-13-6-2-1-5-12(13)16/h1-2,5-6,19H,3-4,7-11H2,(H,17,18). The first-order chi connectivity index (χ1) is 9.56. The van der Waals surface area contributed by atoms with Gasteiger partial charge in [0.1, 0.15) is 11.2 Å². The van der Waals surface area contributed by atoms with Crippen LogP contribution in [0, 0.1) is 0 Å². The van der Waals surface area contributed by atoms with E-state index in [1.54, 1.807) is 0 Å². The average molecular weight is 276 g/mol. The van der Waals surface area contributed by atoms with Gasteiger partial charge in [-0.2, -0.15) is 0 Å². The van der Waals surface area contributed by atoms with Crippen molar-refractivity contribution in [3.8, 4) is 5.75 Å². The summed E-state index contributed by atoms with van der Waals surface area (Å²) in [5.41, 5.74) is -1.16. The first kappa shape index (κ1) is 13.4. The van der Waals surface area contributed by atoms with E-state index in [1.807, 2.05) is 24.3 Å². The minimum Gasteiger partial charge on any atom is -0.493 e. The fourth-order valence-corrected chi connectivity index (χ4v) is 3.71. The normalized spacial score (nSPS) is 27.6. The van der Waals surface area contributed by atoms with E-state index in [2.05, 4.69) is 0 Å². The van der Waals surface area contributed by atoms with Crippen LogP contribution in [0.3, 0.4) is 0 Å². The van der Waals surface area contributed by atoms with Crippen LogP contribution < -0.4 is 4.74 Å². The molecule has 1 aromatic carbocycles. The van der Waals surface area contributed by atoms with Gasteiger partial charge in [-0.25, -0.2) is 0 Å². The van der Waals surface area contributed by atoms with Crippen molar-refractivity contribution in [3.63, 3.8) is 0 Å². The number of aliphatic hydroxyl groups is 1. The van der Waals surface area contributed by atoms with Crippen molar-refractivity contribution < 1.29 is 19.7 Å². The van der Waals surface area contributed by atoms with Crippen LogP contribution in [0.1, 0.15) is 44.1 Å². The van der Waals surface area contributed by atoms with Gasteiger partial charge in [0.2, 0.25) is 0 Å². The Labute approximate surface area is 118 Å². The number of carboxylic acid groups (broad SMARTS) is 1. The maximum Gasteiger partial charge on any atom is 0.314 e. The third-order valence-corrected chi connectivity index (χ3v) is 4.76. The summed E-state index contributed by atoms with van der Waals surface area (Å²) < 4.78 is 5.58. The number of rotatable bonds is 3. The zero-order valence-corrected chi connectivity index (χ0v) is 11.5. The third-order valence-electron chi connectivity index (χ3n) is 4.76. The molecule has 0 spiro atoms. The van der Waals surface area contributed by atoms with E-state index in [1.165, 1.54) is 0 Å². The number of carbonyl (C=O) groups is 1. The first-order valence-electron chi connectivity index (χ1n) is 7.24. The Morgan fingerprint density at radius 3 is 2.60 bits per heavy atom. The Morgan fingerprint density at radius 1 is 1.20 bits per heavy atom. The molecule has 1 aromatic rings. The minimum absolute atomic E-state index is 0.287. The molecule has 0 radical (unpaired) electrons. The highest BCUT2D eigenvalue weighted by atomic mass is 16.5.